The number of anilines is 1. The van der Waals surface area contributed by atoms with E-state index in [0.717, 1.165) is 42.6 Å². The van der Waals surface area contributed by atoms with Gasteiger partial charge in [-0.25, -0.2) is 4.68 Å². The summed E-state index contributed by atoms with van der Waals surface area (Å²) in [7, 11) is 0. The van der Waals surface area contributed by atoms with Crippen molar-refractivity contribution in [2.75, 3.05) is 18.8 Å². The number of likely N-dealkylation sites (tertiary alicyclic amines) is 1. The Hall–Kier alpha value is -1.95. The molecule has 21 heavy (non-hydrogen) atoms. The zero-order valence-corrected chi connectivity index (χ0v) is 12.2. The predicted octanol–water partition coefficient (Wildman–Crippen LogP) is 1.64. The lowest BCUT2D eigenvalue weighted by Gasteiger charge is -2.16. The highest BCUT2D eigenvalue weighted by molar-refractivity contribution is 5.72. The van der Waals surface area contributed by atoms with Crippen LogP contribution in [0.5, 0.6) is 0 Å². The van der Waals surface area contributed by atoms with Crippen LogP contribution in [-0.2, 0) is 0 Å². The molecule has 1 saturated carbocycles. The van der Waals surface area contributed by atoms with Crippen molar-refractivity contribution in [2.24, 2.45) is 0 Å². The first-order chi connectivity index (χ1) is 10.2. The van der Waals surface area contributed by atoms with Crippen molar-refractivity contribution in [3.05, 3.63) is 23.8 Å². The van der Waals surface area contributed by atoms with E-state index in [9.17, 15) is 0 Å². The molecule has 2 aromatic rings. The third-order valence-corrected chi connectivity index (χ3v) is 4.55. The van der Waals surface area contributed by atoms with E-state index < -0.39 is 0 Å². The molecule has 1 aliphatic carbocycles. The third-order valence-electron chi connectivity index (χ3n) is 4.55. The third kappa shape index (κ3) is 2.29. The van der Waals surface area contributed by atoms with Crippen molar-refractivity contribution >= 4 is 5.69 Å². The van der Waals surface area contributed by atoms with E-state index in [1.165, 1.54) is 18.4 Å². The Labute approximate surface area is 123 Å². The number of nitrogens with zero attached hydrogens (tertiary/aromatic N) is 5. The van der Waals surface area contributed by atoms with Crippen molar-refractivity contribution in [1.82, 2.24) is 25.1 Å². The van der Waals surface area contributed by atoms with Gasteiger partial charge in [-0.15, -0.1) is 5.10 Å². The number of nitrogen functional groups attached to an aromatic ring is 1. The van der Waals surface area contributed by atoms with Crippen LogP contribution in [0, 0.1) is 6.92 Å². The Morgan fingerprint density at radius 3 is 2.86 bits per heavy atom. The fourth-order valence-corrected chi connectivity index (χ4v) is 3.22. The van der Waals surface area contributed by atoms with Crippen LogP contribution in [-0.4, -0.2) is 44.2 Å². The molecule has 1 aliphatic heterocycles. The molecule has 1 saturated heterocycles. The summed E-state index contributed by atoms with van der Waals surface area (Å²) in [5.41, 5.74) is 8.95. The van der Waals surface area contributed by atoms with Crippen LogP contribution in [0.1, 0.15) is 30.9 Å². The van der Waals surface area contributed by atoms with Crippen LogP contribution in [0.3, 0.4) is 0 Å². The predicted molar refractivity (Wildman–Crippen MR) is 80.7 cm³/mol. The van der Waals surface area contributed by atoms with Crippen LogP contribution in [0.25, 0.3) is 11.4 Å². The topological polar surface area (TPSA) is 72.9 Å². The molecule has 2 fully saturated rings. The van der Waals surface area contributed by atoms with Crippen LogP contribution in [0.15, 0.2) is 18.2 Å². The van der Waals surface area contributed by atoms with Gasteiger partial charge in [-0.1, -0.05) is 11.6 Å². The second-order valence-corrected chi connectivity index (χ2v) is 6.21. The second-order valence-electron chi connectivity index (χ2n) is 6.21. The van der Waals surface area contributed by atoms with Gasteiger partial charge in [-0.3, -0.25) is 4.90 Å². The quantitative estimate of drug-likeness (QED) is 0.867. The molecule has 2 heterocycles. The summed E-state index contributed by atoms with van der Waals surface area (Å²) >= 11 is 0. The molecule has 1 unspecified atom stereocenters. The van der Waals surface area contributed by atoms with E-state index in [4.69, 9.17) is 5.73 Å². The summed E-state index contributed by atoms with van der Waals surface area (Å²) in [5.74, 6) is 0.791. The Kier molecular flexibility index (Phi) is 2.92. The van der Waals surface area contributed by atoms with Crippen LogP contribution in [0.4, 0.5) is 5.69 Å². The van der Waals surface area contributed by atoms with Gasteiger partial charge in [-0.05, 0) is 48.7 Å². The van der Waals surface area contributed by atoms with Crippen molar-refractivity contribution < 1.29 is 0 Å². The highest BCUT2D eigenvalue weighted by atomic mass is 15.6. The summed E-state index contributed by atoms with van der Waals surface area (Å²) in [6, 6.07) is 7.16. The Morgan fingerprint density at radius 2 is 2.05 bits per heavy atom. The molecular weight excluding hydrogens is 264 g/mol. The van der Waals surface area contributed by atoms with E-state index in [-0.39, 0.29) is 0 Å². The molecule has 1 aromatic heterocycles. The van der Waals surface area contributed by atoms with Gasteiger partial charge >= 0.3 is 0 Å². The minimum Gasteiger partial charge on any atom is -0.398 e. The van der Waals surface area contributed by atoms with E-state index >= 15 is 0 Å². The Morgan fingerprint density at radius 1 is 1.19 bits per heavy atom. The number of tetrazole rings is 1. The molecule has 6 nitrogen and oxygen atoms in total. The van der Waals surface area contributed by atoms with Gasteiger partial charge in [0.1, 0.15) is 0 Å². The van der Waals surface area contributed by atoms with Crippen molar-refractivity contribution in [3.63, 3.8) is 0 Å². The molecule has 0 bridgehead atoms. The minimum absolute atomic E-state index is 0.357. The van der Waals surface area contributed by atoms with Crippen molar-refractivity contribution in [1.29, 1.82) is 0 Å². The Bertz CT molecular complexity index is 660. The lowest BCUT2D eigenvalue weighted by atomic mass is 10.1. The molecule has 0 spiro atoms. The highest BCUT2D eigenvalue weighted by Crippen LogP contribution is 2.35. The van der Waals surface area contributed by atoms with Gasteiger partial charge in [0.05, 0.1) is 6.04 Å². The monoisotopic (exact) mass is 284 g/mol. The van der Waals surface area contributed by atoms with Gasteiger partial charge < -0.3 is 5.73 Å². The second kappa shape index (κ2) is 4.80. The van der Waals surface area contributed by atoms with Gasteiger partial charge in [0.25, 0.3) is 0 Å². The maximum Gasteiger partial charge on any atom is 0.184 e. The molecule has 6 heteroatoms. The summed E-state index contributed by atoms with van der Waals surface area (Å²) in [4.78, 5) is 2.57. The number of hydrogen-bond acceptors (Lipinski definition) is 5. The molecule has 1 aromatic carbocycles. The van der Waals surface area contributed by atoms with Gasteiger partial charge in [-0.2, -0.15) is 0 Å². The standard InChI is InChI=1S/C15H20N6/c1-10-2-5-14(16)13(8-10)15-17-18-19-21(15)12-6-7-20(9-12)11-3-4-11/h2,5,8,11-12H,3-4,6-7,9,16H2,1H3. The number of benzene rings is 1. The first-order valence-corrected chi connectivity index (χ1v) is 7.61. The first kappa shape index (κ1) is 12.8. The normalized spacial score (nSPS) is 22.8. The van der Waals surface area contributed by atoms with E-state index in [1.807, 2.05) is 16.8 Å². The number of aryl methyl sites for hydroxylation is 1. The number of nitrogens with two attached hydrogens (primary N) is 1. The minimum atomic E-state index is 0.357. The average Bonchev–Trinajstić information content (AvgIpc) is 3.02. The largest absolute Gasteiger partial charge is 0.398 e. The van der Waals surface area contributed by atoms with Crippen LogP contribution < -0.4 is 5.73 Å². The fourth-order valence-electron chi connectivity index (χ4n) is 3.22. The molecule has 0 amide bonds. The summed E-state index contributed by atoms with van der Waals surface area (Å²) < 4.78 is 1.97. The van der Waals surface area contributed by atoms with Gasteiger partial charge in [0.15, 0.2) is 5.82 Å². The highest BCUT2D eigenvalue weighted by Gasteiger charge is 2.36. The number of rotatable bonds is 3. The van der Waals surface area contributed by atoms with E-state index in [0.29, 0.717) is 6.04 Å². The molecule has 0 radical (unpaired) electrons. The number of aromatic nitrogens is 4. The molecule has 2 N–H and O–H groups in total. The first-order valence-electron chi connectivity index (χ1n) is 7.61. The van der Waals surface area contributed by atoms with E-state index in [2.05, 4.69) is 33.4 Å². The Balaban J connectivity index is 1.66. The van der Waals surface area contributed by atoms with Crippen molar-refractivity contribution in [2.45, 2.75) is 38.3 Å². The lowest BCUT2D eigenvalue weighted by Crippen LogP contribution is -2.24. The summed E-state index contributed by atoms with van der Waals surface area (Å²) in [5, 5.41) is 12.3. The zero-order chi connectivity index (χ0) is 14.4. The van der Waals surface area contributed by atoms with Crippen molar-refractivity contribution in [3.8, 4) is 11.4 Å². The van der Waals surface area contributed by atoms with Gasteiger partial charge in [0.2, 0.25) is 0 Å². The molecular formula is C15H20N6. The molecule has 1 atom stereocenters. The molecule has 110 valence electrons. The maximum atomic E-state index is 6.11. The fraction of sp³-hybridized carbons (Fsp3) is 0.533. The zero-order valence-electron chi connectivity index (χ0n) is 12.2. The van der Waals surface area contributed by atoms with Gasteiger partial charge in [0, 0.05) is 30.4 Å². The number of hydrogen-bond donors (Lipinski definition) is 1. The molecule has 2 aliphatic rings. The van der Waals surface area contributed by atoms with Crippen LogP contribution >= 0.6 is 0 Å². The average molecular weight is 284 g/mol. The molecule has 4 rings (SSSR count). The van der Waals surface area contributed by atoms with E-state index in [1.54, 1.807) is 0 Å². The lowest BCUT2D eigenvalue weighted by molar-refractivity contribution is 0.309. The SMILES string of the molecule is Cc1ccc(N)c(-c2nnnn2C2CCN(C3CC3)C2)c1. The summed E-state index contributed by atoms with van der Waals surface area (Å²) in [6.45, 7) is 4.26. The summed E-state index contributed by atoms with van der Waals surface area (Å²) in [6.07, 6.45) is 3.81. The smallest absolute Gasteiger partial charge is 0.184 e. The van der Waals surface area contributed by atoms with Crippen LogP contribution in [0.2, 0.25) is 0 Å². The maximum absolute atomic E-state index is 6.11.